The number of carbonyl (C=O) groups excluding carboxylic acids is 2. The number of hydrogen-bond acceptors (Lipinski definition) is 6. The lowest BCUT2D eigenvalue weighted by Crippen LogP contribution is -2.32. The first-order chi connectivity index (χ1) is 12.1. The highest BCUT2D eigenvalue weighted by Gasteiger charge is 2.17. The van der Waals surface area contributed by atoms with Crippen molar-refractivity contribution >= 4 is 23.3 Å². The zero-order valence-corrected chi connectivity index (χ0v) is 14.0. The maximum absolute atomic E-state index is 12.2. The topological polar surface area (TPSA) is 93.2 Å². The van der Waals surface area contributed by atoms with Crippen molar-refractivity contribution in [1.29, 1.82) is 0 Å². The molecule has 0 saturated carbocycles. The Bertz CT molecular complexity index is 755. The van der Waals surface area contributed by atoms with Crippen LogP contribution in [0, 0.1) is 0 Å². The minimum absolute atomic E-state index is 0.00714. The summed E-state index contributed by atoms with van der Waals surface area (Å²) in [6.45, 7) is 2.76. The summed E-state index contributed by atoms with van der Waals surface area (Å²) in [5.74, 6) is 0.0703. The number of nitrogens with one attached hydrogen (secondary N) is 2. The number of rotatable bonds is 6. The fourth-order valence-electron chi connectivity index (χ4n) is 2.57. The third kappa shape index (κ3) is 4.60. The third-order valence-corrected chi connectivity index (χ3v) is 3.95. The Balaban J connectivity index is 1.62. The molecule has 1 atom stereocenters. The van der Waals surface area contributed by atoms with Gasteiger partial charge in [0.2, 0.25) is 5.95 Å². The SMILES string of the molecule is CC(=O)c1ccc(Nc2nccc(C(=O)NCC3CCCO3)n2)cc1. The summed E-state index contributed by atoms with van der Waals surface area (Å²) in [7, 11) is 0. The number of nitrogens with zero attached hydrogens (tertiary/aromatic N) is 2. The molecule has 1 aromatic carbocycles. The van der Waals surface area contributed by atoms with Crippen LogP contribution in [0.4, 0.5) is 11.6 Å². The summed E-state index contributed by atoms with van der Waals surface area (Å²) in [6.07, 6.45) is 3.61. The van der Waals surface area contributed by atoms with Gasteiger partial charge in [-0.3, -0.25) is 9.59 Å². The monoisotopic (exact) mass is 340 g/mol. The number of ketones is 1. The van der Waals surface area contributed by atoms with Gasteiger partial charge in [0.25, 0.3) is 5.91 Å². The van der Waals surface area contributed by atoms with E-state index in [2.05, 4.69) is 20.6 Å². The van der Waals surface area contributed by atoms with E-state index in [1.165, 1.54) is 13.1 Å². The lowest BCUT2D eigenvalue weighted by molar-refractivity contribution is 0.0853. The first-order valence-corrected chi connectivity index (χ1v) is 8.23. The summed E-state index contributed by atoms with van der Waals surface area (Å²) < 4.78 is 5.48. The van der Waals surface area contributed by atoms with E-state index in [-0.39, 0.29) is 23.5 Å². The van der Waals surface area contributed by atoms with Crippen LogP contribution < -0.4 is 10.6 Å². The molecular formula is C18H20N4O3. The molecule has 1 amide bonds. The molecule has 130 valence electrons. The maximum Gasteiger partial charge on any atom is 0.270 e. The maximum atomic E-state index is 12.2. The van der Waals surface area contributed by atoms with Gasteiger partial charge in [-0.15, -0.1) is 0 Å². The molecule has 2 aromatic rings. The first kappa shape index (κ1) is 17.0. The van der Waals surface area contributed by atoms with E-state index in [0.29, 0.717) is 18.1 Å². The number of anilines is 2. The minimum Gasteiger partial charge on any atom is -0.376 e. The molecule has 7 heteroatoms. The second-order valence-electron chi connectivity index (χ2n) is 5.87. The molecule has 1 aromatic heterocycles. The summed E-state index contributed by atoms with van der Waals surface area (Å²) in [5.41, 5.74) is 1.66. The highest BCUT2D eigenvalue weighted by Crippen LogP contribution is 2.15. The van der Waals surface area contributed by atoms with Crippen LogP contribution in [0.2, 0.25) is 0 Å². The van der Waals surface area contributed by atoms with Crippen LogP contribution in [0.5, 0.6) is 0 Å². The number of Topliss-reactive ketones (excluding diaryl/α,β-unsaturated/α-hetero) is 1. The highest BCUT2D eigenvalue weighted by atomic mass is 16.5. The Morgan fingerprint density at radius 2 is 2.04 bits per heavy atom. The second kappa shape index (κ2) is 7.85. The van der Waals surface area contributed by atoms with Gasteiger partial charge in [-0.2, -0.15) is 0 Å². The van der Waals surface area contributed by atoms with Crippen molar-refractivity contribution in [2.45, 2.75) is 25.9 Å². The van der Waals surface area contributed by atoms with Gasteiger partial charge in [0.15, 0.2) is 5.78 Å². The van der Waals surface area contributed by atoms with Crippen molar-refractivity contribution in [2.24, 2.45) is 0 Å². The fourth-order valence-corrected chi connectivity index (χ4v) is 2.57. The van der Waals surface area contributed by atoms with Crippen LogP contribution in [-0.2, 0) is 4.74 Å². The molecule has 0 radical (unpaired) electrons. The standard InChI is InChI=1S/C18H20N4O3/c1-12(23)13-4-6-14(7-5-13)21-18-19-9-8-16(22-18)17(24)20-11-15-3-2-10-25-15/h4-9,15H,2-3,10-11H2,1H3,(H,20,24)(H,19,21,22). The lowest BCUT2D eigenvalue weighted by atomic mass is 10.1. The largest absolute Gasteiger partial charge is 0.376 e. The molecule has 7 nitrogen and oxygen atoms in total. The van der Waals surface area contributed by atoms with Gasteiger partial charge in [0.05, 0.1) is 6.10 Å². The molecule has 0 spiro atoms. The van der Waals surface area contributed by atoms with Crippen molar-refractivity contribution < 1.29 is 14.3 Å². The molecule has 2 heterocycles. The molecule has 0 aliphatic carbocycles. The number of carbonyl (C=O) groups is 2. The number of ether oxygens (including phenoxy) is 1. The van der Waals surface area contributed by atoms with E-state index in [0.717, 1.165) is 25.1 Å². The summed E-state index contributed by atoms with van der Waals surface area (Å²) in [6, 6.07) is 8.55. The number of hydrogen-bond donors (Lipinski definition) is 2. The molecule has 0 bridgehead atoms. The molecule has 3 rings (SSSR count). The van der Waals surface area contributed by atoms with E-state index in [1.54, 1.807) is 30.3 Å². The van der Waals surface area contributed by atoms with E-state index in [1.807, 2.05) is 0 Å². The first-order valence-electron chi connectivity index (χ1n) is 8.23. The second-order valence-corrected chi connectivity index (χ2v) is 5.87. The van der Waals surface area contributed by atoms with Crippen LogP contribution in [0.15, 0.2) is 36.5 Å². The zero-order valence-electron chi connectivity index (χ0n) is 14.0. The Labute approximate surface area is 145 Å². The normalized spacial score (nSPS) is 16.4. The number of benzene rings is 1. The molecule has 1 fully saturated rings. The van der Waals surface area contributed by atoms with Crippen LogP contribution in [-0.4, -0.2) is 40.9 Å². The summed E-state index contributed by atoms with van der Waals surface area (Å²) >= 11 is 0. The van der Waals surface area contributed by atoms with Gasteiger partial charge in [-0.25, -0.2) is 9.97 Å². The van der Waals surface area contributed by atoms with Gasteiger partial charge < -0.3 is 15.4 Å². The molecule has 1 aliphatic heterocycles. The fraction of sp³-hybridized carbons (Fsp3) is 0.333. The van der Waals surface area contributed by atoms with Crippen molar-refractivity contribution in [1.82, 2.24) is 15.3 Å². The van der Waals surface area contributed by atoms with Gasteiger partial charge in [0.1, 0.15) is 5.69 Å². The average Bonchev–Trinajstić information content (AvgIpc) is 3.14. The predicted molar refractivity (Wildman–Crippen MR) is 93.1 cm³/mol. The summed E-state index contributed by atoms with van der Waals surface area (Å²) in [5, 5.41) is 5.86. The van der Waals surface area contributed by atoms with Crippen molar-refractivity contribution in [3.05, 3.63) is 47.8 Å². The number of aromatic nitrogens is 2. The predicted octanol–water partition coefficient (Wildman–Crippen LogP) is 2.33. The molecule has 1 aliphatic rings. The van der Waals surface area contributed by atoms with Crippen molar-refractivity contribution in [3.63, 3.8) is 0 Å². The van der Waals surface area contributed by atoms with Crippen molar-refractivity contribution in [3.8, 4) is 0 Å². The molecule has 1 unspecified atom stereocenters. The van der Waals surface area contributed by atoms with Gasteiger partial charge in [-0.05, 0) is 50.1 Å². The number of amides is 1. The smallest absolute Gasteiger partial charge is 0.270 e. The van der Waals surface area contributed by atoms with Crippen LogP contribution in [0.25, 0.3) is 0 Å². The zero-order chi connectivity index (χ0) is 17.6. The van der Waals surface area contributed by atoms with E-state index >= 15 is 0 Å². The minimum atomic E-state index is -0.257. The Hall–Kier alpha value is -2.80. The van der Waals surface area contributed by atoms with Crippen LogP contribution in [0.3, 0.4) is 0 Å². The lowest BCUT2D eigenvalue weighted by Gasteiger charge is -2.11. The van der Waals surface area contributed by atoms with Crippen molar-refractivity contribution in [2.75, 3.05) is 18.5 Å². The molecule has 1 saturated heterocycles. The van der Waals surface area contributed by atoms with E-state index < -0.39 is 0 Å². The summed E-state index contributed by atoms with van der Waals surface area (Å²) in [4.78, 5) is 31.8. The van der Waals surface area contributed by atoms with Crippen LogP contribution >= 0.6 is 0 Å². The molecule has 2 N–H and O–H groups in total. The van der Waals surface area contributed by atoms with E-state index in [4.69, 9.17) is 4.74 Å². The highest BCUT2D eigenvalue weighted by molar-refractivity contribution is 5.94. The third-order valence-electron chi connectivity index (χ3n) is 3.95. The Morgan fingerprint density at radius 3 is 2.72 bits per heavy atom. The quantitative estimate of drug-likeness (QED) is 0.784. The molecular weight excluding hydrogens is 320 g/mol. The Morgan fingerprint density at radius 1 is 1.24 bits per heavy atom. The van der Waals surface area contributed by atoms with E-state index in [9.17, 15) is 9.59 Å². The van der Waals surface area contributed by atoms with Gasteiger partial charge >= 0.3 is 0 Å². The van der Waals surface area contributed by atoms with Gasteiger partial charge in [0, 0.05) is 30.6 Å². The molecule has 25 heavy (non-hydrogen) atoms. The van der Waals surface area contributed by atoms with Crippen LogP contribution in [0.1, 0.15) is 40.6 Å². The van der Waals surface area contributed by atoms with Gasteiger partial charge in [-0.1, -0.05) is 0 Å². The average molecular weight is 340 g/mol. The Kier molecular flexibility index (Phi) is 5.35.